The molecular weight excluding hydrogens is 196 g/mol. The van der Waals surface area contributed by atoms with Crippen molar-refractivity contribution in [2.24, 2.45) is 5.73 Å². The lowest BCUT2D eigenvalue weighted by Crippen LogP contribution is -2.08. The second kappa shape index (κ2) is 3.87. The number of hydrogen-bond acceptors (Lipinski definition) is 2. The van der Waals surface area contributed by atoms with Crippen molar-refractivity contribution in [2.75, 3.05) is 0 Å². The third kappa shape index (κ3) is 1.69. The molecule has 1 aromatic heterocycles. The van der Waals surface area contributed by atoms with E-state index in [-0.39, 0.29) is 6.04 Å². The molecule has 2 rings (SSSR count). The van der Waals surface area contributed by atoms with E-state index in [1.807, 2.05) is 13.8 Å². The normalized spacial score (nSPS) is 13.1. The lowest BCUT2D eigenvalue weighted by Gasteiger charge is -2.14. The van der Waals surface area contributed by atoms with E-state index >= 15 is 0 Å². The van der Waals surface area contributed by atoms with Crippen LogP contribution in [0.2, 0.25) is 0 Å². The largest absolute Gasteiger partial charge is 0.324 e. The Morgan fingerprint density at radius 2 is 1.75 bits per heavy atom. The molecule has 1 atom stereocenters. The van der Waals surface area contributed by atoms with Crippen LogP contribution >= 0.6 is 0 Å². The zero-order chi connectivity index (χ0) is 11.9. The molecule has 0 spiro atoms. The van der Waals surface area contributed by atoms with E-state index in [1.54, 1.807) is 0 Å². The van der Waals surface area contributed by atoms with Crippen molar-refractivity contribution in [3.8, 4) is 0 Å². The molecular formula is C14H18N2. The number of pyridine rings is 1. The van der Waals surface area contributed by atoms with Crippen LogP contribution in [0.3, 0.4) is 0 Å². The Bertz CT molecular complexity index is 542. The van der Waals surface area contributed by atoms with E-state index in [4.69, 9.17) is 5.73 Å². The zero-order valence-corrected chi connectivity index (χ0v) is 10.3. The van der Waals surface area contributed by atoms with Gasteiger partial charge in [0.05, 0.1) is 5.52 Å². The van der Waals surface area contributed by atoms with Crippen LogP contribution in [0.15, 0.2) is 18.2 Å². The predicted molar refractivity (Wildman–Crippen MR) is 68.6 cm³/mol. The summed E-state index contributed by atoms with van der Waals surface area (Å²) in [6, 6.07) is 6.40. The highest BCUT2D eigenvalue weighted by Crippen LogP contribution is 2.27. The first-order chi connectivity index (χ1) is 7.50. The molecule has 84 valence electrons. The van der Waals surface area contributed by atoms with E-state index in [1.165, 1.54) is 22.1 Å². The van der Waals surface area contributed by atoms with Gasteiger partial charge in [-0.1, -0.05) is 12.1 Å². The molecule has 0 saturated heterocycles. The number of nitrogens with two attached hydrogens (primary N) is 1. The van der Waals surface area contributed by atoms with Crippen molar-refractivity contribution < 1.29 is 0 Å². The van der Waals surface area contributed by atoms with Gasteiger partial charge >= 0.3 is 0 Å². The fourth-order valence-electron chi connectivity index (χ4n) is 2.17. The van der Waals surface area contributed by atoms with E-state index in [9.17, 15) is 0 Å². The van der Waals surface area contributed by atoms with Gasteiger partial charge in [0.15, 0.2) is 0 Å². The lowest BCUT2D eigenvalue weighted by atomic mass is 9.96. The first-order valence-corrected chi connectivity index (χ1v) is 5.63. The topological polar surface area (TPSA) is 38.9 Å². The minimum atomic E-state index is 0.0460. The molecule has 1 aromatic carbocycles. The molecule has 2 aromatic rings. The van der Waals surface area contributed by atoms with Crippen molar-refractivity contribution in [1.29, 1.82) is 0 Å². The van der Waals surface area contributed by atoms with Crippen molar-refractivity contribution in [3.63, 3.8) is 0 Å². The van der Waals surface area contributed by atoms with E-state index < -0.39 is 0 Å². The monoisotopic (exact) mass is 214 g/mol. The summed E-state index contributed by atoms with van der Waals surface area (Å²) in [7, 11) is 0. The van der Waals surface area contributed by atoms with Gasteiger partial charge in [-0.2, -0.15) is 0 Å². The third-order valence-electron chi connectivity index (χ3n) is 3.02. The summed E-state index contributed by atoms with van der Waals surface area (Å²) in [5.74, 6) is 0. The highest BCUT2D eigenvalue weighted by Gasteiger charge is 2.11. The molecule has 1 unspecified atom stereocenters. The Balaban J connectivity index is 2.95. The molecule has 0 aliphatic heterocycles. The van der Waals surface area contributed by atoms with Gasteiger partial charge in [0.1, 0.15) is 0 Å². The van der Waals surface area contributed by atoms with Crippen LogP contribution in [0.5, 0.6) is 0 Å². The Hall–Kier alpha value is -1.41. The van der Waals surface area contributed by atoms with Crippen LogP contribution in [0.25, 0.3) is 10.9 Å². The average Bonchev–Trinajstić information content (AvgIpc) is 2.22. The molecule has 2 nitrogen and oxygen atoms in total. The van der Waals surface area contributed by atoms with Gasteiger partial charge in [0.25, 0.3) is 0 Å². The zero-order valence-electron chi connectivity index (χ0n) is 10.3. The second-order valence-corrected chi connectivity index (χ2v) is 4.56. The van der Waals surface area contributed by atoms with Crippen LogP contribution < -0.4 is 5.73 Å². The van der Waals surface area contributed by atoms with E-state index in [0.29, 0.717) is 0 Å². The number of aryl methyl sites for hydroxylation is 3. The molecule has 0 radical (unpaired) electrons. The predicted octanol–water partition coefficient (Wildman–Crippen LogP) is 3.18. The smallest absolute Gasteiger partial charge is 0.0740 e. The first kappa shape index (κ1) is 11.1. The minimum Gasteiger partial charge on any atom is -0.324 e. The van der Waals surface area contributed by atoms with Crippen LogP contribution in [0.4, 0.5) is 0 Å². The molecule has 0 aliphatic carbocycles. The van der Waals surface area contributed by atoms with Gasteiger partial charge in [0.2, 0.25) is 0 Å². The molecule has 0 amide bonds. The summed E-state index contributed by atoms with van der Waals surface area (Å²) in [5.41, 5.74) is 11.8. The SMILES string of the molecule is Cc1cc(C(C)N)c2c(C)ccc(C)c2n1. The van der Waals surface area contributed by atoms with Crippen LogP contribution in [-0.4, -0.2) is 4.98 Å². The molecule has 0 bridgehead atoms. The van der Waals surface area contributed by atoms with Crippen molar-refractivity contribution >= 4 is 10.9 Å². The van der Waals surface area contributed by atoms with Gasteiger partial charge in [-0.3, -0.25) is 4.98 Å². The van der Waals surface area contributed by atoms with Gasteiger partial charge < -0.3 is 5.73 Å². The molecule has 2 heteroatoms. The van der Waals surface area contributed by atoms with Crippen LogP contribution in [0.1, 0.15) is 35.3 Å². The third-order valence-corrected chi connectivity index (χ3v) is 3.02. The molecule has 2 N–H and O–H groups in total. The number of rotatable bonds is 1. The van der Waals surface area contributed by atoms with Gasteiger partial charge in [-0.25, -0.2) is 0 Å². The van der Waals surface area contributed by atoms with Crippen molar-refractivity contribution in [3.05, 3.63) is 40.6 Å². The highest BCUT2D eigenvalue weighted by atomic mass is 14.7. The van der Waals surface area contributed by atoms with Gasteiger partial charge in [-0.05, 0) is 50.5 Å². The maximum atomic E-state index is 6.04. The quantitative estimate of drug-likeness (QED) is 0.791. The lowest BCUT2D eigenvalue weighted by molar-refractivity contribution is 0.822. The standard InChI is InChI=1S/C14H18N2/c1-8-5-6-9(2)14-13(8)12(11(4)15)7-10(3)16-14/h5-7,11H,15H2,1-4H3. The summed E-state index contributed by atoms with van der Waals surface area (Å²) in [4.78, 5) is 4.62. The number of aromatic nitrogens is 1. The molecule has 1 heterocycles. The summed E-state index contributed by atoms with van der Waals surface area (Å²) < 4.78 is 0. The average molecular weight is 214 g/mol. The molecule has 0 fully saturated rings. The van der Waals surface area contributed by atoms with E-state index in [0.717, 1.165) is 11.2 Å². The fourth-order valence-corrected chi connectivity index (χ4v) is 2.17. The number of nitrogens with zero attached hydrogens (tertiary/aromatic N) is 1. The fraction of sp³-hybridized carbons (Fsp3) is 0.357. The van der Waals surface area contributed by atoms with Crippen molar-refractivity contribution in [2.45, 2.75) is 33.7 Å². The minimum absolute atomic E-state index is 0.0460. The maximum absolute atomic E-state index is 6.04. The molecule has 16 heavy (non-hydrogen) atoms. The first-order valence-electron chi connectivity index (χ1n) is 5.63. The number of benzene rings is 1. The highest BCUT2D eigenvalue weighted by molar-refractivity contribution is 5.88. The van der Waals surface area contributed by atoms with Crippen LogP contribution in [-0.2, 0) is 0 Å². The van der Waals surface area contributed by atoms with Gasteiger partial charge in [0, 0.05) is 17.1 Å². The maximum Gasteiger partial charge on any atom is 0.0740 e. The summed E-state index contributed by atoms with van der Waals surface area (Å²) in [5, 5.41) is 1.22. The molecule has 0 aliphatic rings. The van der Waals surface area contributed by atoms with Gasteiger partial charge in [-0.15, -0.1) is 0 Å². The Morgan fingerprint density at radius 1 is 1.12 bits per heavy atom. The number of hydrogen-bond donors (Lipinski definition) is 1. The number of fused-ring (bicyclic) bond motifs is 1. The summed E-state index contributed by atoms with van der Waals surface area (Å²) in [6.45, 7) is 8.26. The Labute approximate surface area is 96.5 Å². The summed E-state index contributed by atoms with van der Waals surface area (Å²) in [6.07, 6.45) is 0. The van der Waals surface area contributed by atoms with Crippen LogP contribution in [0, 0.1) is 20.8 Å². The Morgan fingerprint density at radius 3 is 2.38 bits per heavy atom. The molecule has 0 saturated carbocycles. The van der Waals surface area contributed by atoms with Crippen molar-refractivity contribution in [1.82, 2.24) is 4.98 Å². The van der Waals surface area contributed by atoms with E-state index in [2.05, 4.69) is 37.0 Å². The summed E-state index contributed by atoms with van der Waals surface area (Å²) >= 11 is 0. The second-order valence-electron chi connectivity index (χ2n) is 4.56. The Kier molecular flexibility index (Phi) is 2.68.